The van der Waals surface area contributed by atoms with E-state index in [1.165, 1.54) is 33.4 Å². The molecule has 0 aliphatic carbocycles. The second-order valence-electron chi connectivity index (χ2n) is 3.74. The van der Waals surface area contributed by atoms with Gasteiger partial charge < -0.3 is 19.5 Å². The summed E-state index contributed by atoms with van der Waals surface area (Å²) in [5.74, 6) is -1.84. The highest BCUT2D eigenvalue weighted by atomic mass is 35.5. The molecule has 7 nitrogen and oxygen atoms in total. The number of hydrogen-bond acceptors (Lipinski definition) is 5. The Hall–Kier alpha value is -2.29. The van der Waals surface area contributed by atoms with Gasteiger partial charge in [0, 0.05) is 31.0 Å². The minimum atomic E-state index is -3.31. The first-order valence-electron chi connectivity index (χ1n) is 5.79. The van der Waals surface area contributed by atoms with Gasteiger partial charge in [0.2, 0.25) is 0 Å². The average Bonchev–Trinajstić information content (AvgIpc) is 2.51. The number of rotatable bonds is 5. The van der Waals surface area contributed by atoms with Gasteiger partial charge in [0.1, 0.15) is 11.4 Å². The molecule has 0 saturated heterocycles. The minimum absolute atomic E-state index is 0.00589. The number of amides is 2. The second kappa shape index (κ2) is 7.64. The standard InChI is InChI=1S/C12H13ClF2N2O5/c1-16-12(19)22-6-4-7(20-2)9(8(5-6)21-3)17(13)11(18)10(14)15/h4-5,10H,1-3H3,(H,16,19). The number of carbonyl (C=O) groups is 2. The van der Waals surface area contributed by atoms with Gasteiger partial charge in [-0.1, -0.05) is 0 Å². The predicted octanol–water partition coefficient (Wildman–Crippen LogP) is 2.17. The third kappa shape index (κ3) is 3.88. The summed E-state index contributed by atoms with van der Waals surface area (Å²) in [7, 11) is 3.80. The molecule has 0 aliphatic rings. The maximum Gasteiger partial charge on any atom is 0.412 e. The number of nitrogens with one attached hydrogen (secondary N) is 1. The van der Waals surface area contributed by atoms with Gasteiger partial charge in [0.25, 0.3) is 0 Å². The number of alkyl halides is 2. The first-order valence-corrected chi connectivity index (χ1v) is 6.13. The van der Waals surface area contributed by atoms with E-state index in [2.05, 4.69) is 5.32 Å². The Morgan fingerprint density at radius 2 is 1.73 bits per heavy atom. The summed E-state index contributed by atoms with van der Waals surface area (Å²) < 4.78 is 40.0. The largest absolute Gasteiger partial charge is 0.494 e. The van der Waals surface area contributed by atoms with Crippen molar-refractivity contribution in [3.05, 3.63) is 12.1 Å². The molecular weight excluding hydrogens is 326 g/mol. The van der Waals surface area contributed by atoms with Crippen molar-refractivity contribution >= 4 is 29.5 Å². The number of benzene rings is 1. The molecule has 0 unspecified atom stereocenters. The lowest BCUT2D eigenvalue weighted by atomic mass is 10.2. The van der Waals surface area contributed by atoms with Crippen LogP contribution in [-0.4, -0.2) is 39.7 Å². The number of hydrogen-bond donors (Lipinski definition) is 1. The first kappa shape index (κ1) is 17.8. The Kier molecular flexibility index (Phi) is 6.17. The monoisotopic (exact) mass is 338 g/mol. The molecule has 1 rings (SSSR count). The van der Waals surface area contributed by atoms with Crippen molar-refractivity contribution < 1.29 is 32.6 Å². The normalized spacial score (nSPS) is 10.1. The highest BCUT2D eigenvalue weighted by molar-refractivity contribution is 6.38. The lowest BCUT2D eigenvalue weighted by molar-refractivity contribution is -0.127. The van der Waals surface area contributed by atoms with Gasteiger partial charge in [0.05, 0.1) is 14.2 Å². The van der Waals surface area contributed by atoms with Crippen LogP contribution in [0.4, 0.5) is 19.3 Å². The Morgan fingerprint density at radius 3 is 2.09 bits per heavy atom. The van der Waals surface area contributed by atoms with E-state index in [9.17, 15) is 18.4 Å². The van der Waals surface area contributed by atoms with Crippen LogP contribution in [-0.2, 0) is 4.79 Å². The van der Waals surface area contributed by atoms with Crippen LogP contribution in [0, 0.1) is 0 Å². The molecule has 0 aliphatic heterocycles. The zero-order valence-corrected chi connectivity index (χ0v) is 12.6. The van der Waals surface area contributed by atoms with Gasteiger partial charge in [-0.15, -0.1) is 0 Å². The van der Waals surface area contributed by atoms with Crippen LogP contribution >= 0.6 is 11.8 Å². The number of methoxy groups -OCH3 is 2. The van der Waals surface area contributed by atoms with Crippen LogP contribution in [0.2, 0.25) is 0 Å². The average molecular weight is 339 g/mol. The maximum absolute atomic E-state index is 12.5. The Labute approximate surface area is 129 Å². The quantitative estimate of drug-likeness (QED) is 0.833. The SMILES string of the molecule is CNC(=O)Oc1cc(OC)c(N(Cl)C(=O)C(F)F)c(OC)c1. The molecule has 2 amide bonds. The fourth-order valence-electron chi connectivity index (χ4n) is 1.48. The second-order valence-corrected chi connectivity index (χ2v) is 4.07. The molecule has 1 aromatic rings. The molecule has 0 radical (unpaired) electrons. The molecule has 0 saturated carbocycles. The predicted molar refractivity (Wildman–Crippen MR) is 74.0 cm³/mol. The van der Waals surface area contributed by atoms with Crippen molar-refractivity contribution in [2.75, 3.05) is 25.7 Å². The van der Waals surface area contributed by atoms with Crippen molar-refractivity contribution in [3.8, 4) is 17.2 Å². The molecule has 0 aromatic heterocycles. The van der Waals surface area contributed by atoms with E-state index in [4.69, 9.17) is 26.0 Å². The highest BCUT2D eigenvalue weighted by Gasteiger charge is 2.29. The summed E-state index contributed by atoms with van der Waals surface area (Å²) >= 11 is 5.63. The smallest absolute Gasteiger partial charge is 0.412 e. The van der Waals surface area contributed by atoms with Crippen LogP contribution in [0.3, 0.4) is 0 Å². The summed E-state index contributed by atoms with van der Waals surface area (Å²) in [6.45, 7) is 0. The van der Waals surface area contributed by atoms with E-state index >= 15 is 0 Å². The highest BCUT2D eigenvalue weighted by Crippen LogP contribution is 2.42. The van der Waals surface area contributed by atoms with Crippen molar-refractivity contribution in [3.63, 3.8) is 0 Å². The summed E-state index contributed by atoms with van der Waals surface area (Å²) in [5, 5.41) is 2.23. The fourth-order valence-corrected chi connectivity index (χ4v) is 1.72. The van der Waals surface area contributed by atoms with E-state index in [0.717, 1.165) is 0 Å². The molecule has 0 atom stereocenters. The van der Waals surface area contributed by atoms with Crippen LogP contribution in [0.1, 0.15) is 0 Å². The zero-order chi connectivity index (χ0) is 16.9. The summed E-state index contributed by atoms with van der Waals surface area (Å²) in [6.07, 6.45) is -4.07. The number of halogens is 3. The lowest BCUT2D eigenvalue weighted by Gasteiger charge is -2.20. The molecule has 10 heteroatoms. The molecule has 1 aromatic carbocycles. The Morgan fingerprint density at radius 1 is 1.23 bits per heavy atom. The van der Waals surface area contributed by atoms with Crippen LogP contribution < -0.4 is 23.9 Å². The number of nitrogens with zero attached hydrogens (tertiary/aromatic N) is 1. The van der Waals surface area contributed by atoms with Crippen molar-refractivity contribution in [2.24, 2.45) is 0 Å². The van der Waals surface area contributed by atoms with Crippen LogP contribution in [0.15, 0.2) is 12.1 Å². The van der Waals surface area contributed by atoms with Gasteiger partial charge in [-0.2, -0.15) is 8.78 Å². The zero-order valence-electron chi connectivity index (χ0n) is 11.9. The van der Waals surface area contributed by atoms with E-state index < -0.39 is 18.4 Å². The van der Waals surface area contributed by atoms with Crippen LogP contribution in [0.5, 0.6) is 17.2 Å². The Balaban J connectivity index is 3.32. The number of ether oxygens (including phenoxy) is 3. The van der Waals surface area contributed by atoms with Gasteiger partial charge in [-0.25, -0.2) is 9.21 Å². The Bertz CT molecular complexity index is 545. The maximum atomic E-state index is 12.5. The van der Waals surface area contributed by atoms with Gasteiger partial charge in [-0.3, -0.25) is 4.79 Å². The fraction of sp³-hybridized carbons (Fsp3) is 0.333. The molecule has 1 N–H and O–H groups in total. The van der Waals surface area contributed by atoms with E-state index in [1.54, 1.807) is 0 Å². The van der Waals surface area contributed by atoms with Crippen LogP contribution in [0.25, 0.3) is 0 Å². The van der Waals surface area contributed by atoms with Gasteiger partial charge >= 0.3 is 18.4 Å². The van der Waals surface area contributed by atoms with E-state index in [-0.39, 0.29) is 27.4 Å². The number of carbonyl (C=O) groups excluding carboxylic acids is 2. The van der Waals surface area contributed by atoms with E-state index in [1.807, 2.05) is 0 Å². The molecule has 22 heavy (non-hydrogen) atoms. The third-order valence-corrected chi connectivity index (χ3v) is 2.78. The van der Waals surface area contributed by atoms with Crippen molar-refractivity contribution in [1.29, 1.82) is 0 Å². The van der Waals surface area contributed by atoms with Crippen molar-refractivity contribution in [1.82, 2.24) is 5.32 Å². The minimum Gasteiger partial charge on any atom is -0.494 e. The molecular formula is C12H13ClF2N2O5. The molecule has 122 valence electrons. The van der Waals surface area contributed by atoms with Crippen molar-refractivity contribution in [2.45, 2.75) is 6.43 Å². The summed E-state index contributed by atoms with van der Waals surface area (Å²) in [4.78, 5) is 22.5. The van der Waals surface area contributed by atoms with Gasteiger partial charge in [0.15, 0.2) is 11.5 Å². The molecule has 0 heterocycles. The third-order valence-electron chi connectivity index (χ3n) is 2.44. The molecule has 0 spiro atoms. The molecule has 0 fully saturated rings. The lowest BCUT2D eigenvalue weighted by Crippen LogP contribution is -2.28. The summed E-state index contributed by atoms with van der Waals surface area (Å²) in [5.41, 5.74) is -0.235. The van der Waals surface area contributed by atoms with E-state index in [0.29, 0.717) is 0 Å². The van der Waals surface area contributed by atoms with Gasteiger partial charge in [-0.05, 0) is 0 Å². The summed E-state index contributed by atoms with van der Waals surface area (Å²) in [6, 6.07) is 2.39. The molecule has 0 bridgehead atoms. The number of anilines is 1. The first-order chi connectivity index (χ1) is 10.3. The topological polar surface area (TPSA) is 77.1 Å².